The van der Waals surface area contributed by atoms with Crippen molar-refractivity contribution < 1.29 is 19.0 Å². The largest absolute Gasteiger partial charge is 0.503 e. The third-order valence-electron chi connectivity index (χ3n) is 4.59. The summed E-state index contributed by atoms with van der Waals surface area (Å²) < 4.78 is 15.9. The Morgan fingerprint density at radius 3 is 2.67 bits per heavy atom. The summed E-state index contributed by atoms with van der Waals surface area (Å²) in [7, 11) is 2.81. The molecule has 5 nitrogen and oxygen atoms in total. The molecule has 0 aliphatic rings. The second kappa shape index (κ2) is 12.8. The molecule has 6 heteroatoms. The van der Waals surface area contributed by atoms with Gasteiger partial charge in [0.05, 0.1) is 20.5 Å². The molecule has 0 bridgehead atoms. The monoisotopic (exact) mass is 431 g/mol. The van der Waals surface area contributed by atoms with E-state index in [1.165, 1.54) is 39.7 Å². The van der Waals surface area contributed by atoms with Crippen LogP contribution in [0.15, 0.2) is 48.7 Å². The van der Waals surface area contributed by atoms with Crippen LogP contribution in [0.5, 0.6) is 5.75 Å². The third kappa shape index (κ3) is 7.30. The SMILES string of the molecule is CCCCCCNc1cccc(OCc2cc(Cl)ccc2C(=COC)C(=O)OC)c1. The van der Waals surface area contributed by atoms with Crippen LogP contribution in [0.4, 0.5) is 5.69 Å². The summed E-state index contributed by atoms with van der Waals surface area (Å²) in [6, 6.07) is 13.1. The summed E-state index contributed by atoms with van der Waals surface area (Å²) in [6.45, 7) is 3.39. The Hall–Kier alpha value is -2.66. The lowest BCUT2D eigenvalue weighted by atomic mass is 10.0. The van der Waals surface area contributed by atoms with Gasteiger partial charge < -0.3 is 19.5 Å². The molecule has 0 unspecified atom stereocenters. The van der Waals surface area contributed by atoms with Crippen LogP contribution >= 0.6 is 11.6 Å². The van der Waals surface area contributed by atoms with E-state index in [1.807, 2.05) is 24.3 Å². The van der Waals surface area contributed by atoms with Gasteiger partial charge in [0.1, 0.15) is 17.9 Å². The topological polar surface area (TPSA) is 56.8 Å². The molecule has 162 valence electrons. The number of benzene rings is 2. The Kier molecular flexibility index (Phi) is 10.1. The molecular formula is C24H30ClNO4. The van der Waals surface area contributed by atoms with Crippen LogP contribution in [0.3, 0.4) is 0 Å². The molecule has 2 aromatic rings. The molecule has 0 saturated carbocycles. The highest BCUT2D eigenvalue weighted by molar-refractivity contribution is 6.30. The van der Waals surface area contributed by atoms with Gasteiger partial charge in [-0.2, -0.15) is 0 Å². The van der Waals surface area contributed by atoms with Crippen molar-refractivity contribution in [1.29, 1.82) is 0 Å². The first kappa shape index (κ1) is 23.6. The Labute approximate surface area is 184 Å². The summed E-state index contributed by atoms with van der Waals surface area (Å²) >= 11 is 6.18. The quantitative estimate of drug-likeness (QED) is 0.191. The predicted molar refractivity (Wildman–Crippen MR) is 122 cm³/mol. The molecule has 0 aliphatic carbocycles. The van der Waals surface area contributed by atoms with E-state index >= 15 is 0 Å². The summed E-state index contributed by atoms with van der Waals surface area (Å²) in [5.74, 6) is 0.240. The number of anilines is 1. The summed E-state index contributed by atoms with van der Waals surface area (Å²) in [6.07, 6.45) is 6.23. The minimum absolute atomic E-state index is 0.244. The predicted octanol–water partition coefficient (Wildman–Crippen LogP) is 6.07. The molecule has 0 heterocycles. The molecule has 0 saturated heterocycles. The fourth-order valence-corrected chi connectivity index (χ4v) is 3.23. The number of nitrogens with one attached hydrogen (secondary N) is 1. The number of esters is 1. The Bertz CT molecular complexity index is 851. The molecule has 2 aromatic carbocycles. The van der Waals surface area contributed by atoms with E-state index in [0.717, 1.165) is 30.0 Å². The fourth-order valence-electron chi connectivity index (χ4n) is 3.04. The van der Waals surface area contributed by atoms with Gasteiger partial charge in [-0.1, -0.05) is 49.9 Å². The van der Waals surface area contributed by atoms with Crippen molar-refractivity contribution in [2.24, 2.45) is 0 Å². The van der Waals surface area contributed by atoms with Gasteiger partial charge in [0.2, 0.25) is 0 Å². The lowest BCUT2D eigenvalue weighted by Gasteiger charge is -2.14. The first-order valence-corrected chi connectivity index (χ1v) is 10.5. The number of ether oxygens (including phenoxy) is 3. The normalized spacial score (nSPS) is 11.1. The Morgan fingerprint density at radius 2 is 1.93 bits per heavy atom. The minimum Gasteiger partial charge on any atom is -0.503 e. The van der Waals surface area contributed by atoms with Gasteiger partial charge in [-0.05, 0) is 41.8 Å². The van der Waals surface area contributed by atoms with Gasteiger partial charge >= 0.3 is 5.97 Å². The van der Waals surface area contributed by atoms with E-state index in [4.69, 9.17) is 25.8 Å². The molecule has 2 rings (SSSR count). The van der Waals surface area contributed by atoms with E-state index in [2.05, 4.69) is 12.2 Å². The fraction of sp³-hybridized carbons (Fsp3) is 0.375. The van der Waals surface area contributed by atoms with Crippen molar-refractivity contribution in [3.63, 3.8) is 0 Å². The van der Waals surface area contributed by atoms with Gasteiger partial charge in [0.15, 0.2) is 0 Å². The van der Waals surface area contributed by atoms with Gasteiger partial charge in [-0.25, -0.2) is 4.79 Å². The number of halogens is 1. The van der Waals surface area contributed by atoms with Crippen LogP contribution in [0, 0.1) is 0 Å². The summed E-state index contributed by atoms with van der Waals surface area (Å²) in [5, 5.41) is 3.99. The first-order chi connectivity index (χ1) is 14.6. The maximum absolute atomic E-state index is 12.2. The first-order valence-electron chi connectivity index (χ1n) is 10.2. The molecule has 1 N–H and O–H groups in total. The van der Waals surface area contributed by atoms with Crippen LogP contribution in [0.25, 0.3) is 5.57 Å². The molecule has 0 spiro atoms. The highest BCUT2D eigenvalue weighted by atomic mass is 35.5. The van der Waals surface area contributed by atoms with Gasteiger partial charge in [0.25, 0.3) is 0 Å². The van der Waals surface area contributed by atoms with Crippen molar-refractivity contribution in [3.8, 4) is 5.75 Å². The zero-order chi connectivity index (χ0) is 21.8. The standard InChI is InChI=1S/C24H30ClNO4/c1-4-5-6-7-13-26-20-9-8-10-21(15-20)30-16-18-14-19(25)11-12-22(18)23(17-28-2)24(27)29-3/h8-12,14-15,17,26H,4-7,13,16H2,1-3H3. The van der Waals surface area contributed by atoms with Crippen molar-refractivity contribution >= 4 is 28.8 Å². The van der Waals surface area contributed by atoms with Crippen LogP contribution in [-0.4, -0.2) is 26.7 Å². The van der Waals surface area contributed by atoms with Crippen molar-refractivity contribution in [3.05, 3.63) is 64.9 Å². The third-order valence-corrected chi connectivity index (χ3v) is 4.82. The van der Waals surface area contributed by atoms with E-state index in [1.54, 1.807) is 18.2 Å². The van der Waals surface area contributed by atoms with Crippen LogP contribution in [-0.2, 0) is 20.9 Å². The summed E-state index contributed by atoms with van der Waals surface area (Å²) in [5.41, 5.74) is 2.73. The van der Waals surface area contributed by atoms with E-state index in [9.17, 15) is 4.79 Å². The summed E-state index contributed by atoms with van der Waals surface area (Å²) in [4.78, 5) is 12.2. The van der Waals surface area contributed by atoms with Crippen LogP contribution in [0.1, 0.15) is 43.7 Å². The molecule has 0 fully saturated rings. The molecule has 30 heavy (non-hydrogen) atoms. The highest BCUT2D eigenvalue weighted by Gasteiger charge is 2.17. The molecule has 0 amide bonds. The average molecular weight is 432 g/mol. The Balaban J connectivity index is 2.10. The zero-order valence-electron chi connectivity index (χ0n) is 17.9. The van der Waals surface area contributed by atoms with Crippen LogP contribution in [0.2, 0.25) is 5.02 Å². The number of carbonyl (C=O) groups is 1. The number of hydrogen-bond acceptors (Lipinski definition) is 5. The van der Waals surface area contributed by atoms with E-state index in [0.29, 0.717) is 16.2 Å². The Morgan fingerprint density at radius 1 is 1.10 bits per heavy atom. The van der Waals surface area contributed by atoms with Gasteiger partial charge in [-0.15, -0.1) is 0 Å². The molecule has 0 atom stereocenters. The van der Waals surface area contributed by atoms with Crippen molar-refractivity contribution in [1.82, 2.24) is 0 Å². The van der Waals surface area contributed by atoms with Crippen molar-refractivity contribution in [2.45, 2.75) is 39.2 Å². The molecular weight excluding hydrogens is 402 g/mol. The second-order valence-corrected chi connectivity index (χ2v) is 7.30. The molecule has 0 radical (unpaired) electrons. The van der Waals surface area contributed by atoms with Gasteiger partial charge in [-0.3, -0.25) is 0 Å². The van der Waals surface area contributed by atoms with Gasteiger partial charge in [0, 0.05) is 23.3 Å². The number of carbonyl (C=O) groups excluding carboxylic acids is 1. The van der Waals surface area contributed by atoms with Crippen molar-refractivity contribution in [2.75, 3.05) is 26.1 Å². The zero-order valence-corrected chi connectivity index (χ0v) is 18.6. The number of unbranched alkanes of at least 4 members (excludes halogenated alkanes) is 3. The lowest BCUT2D eigenvalue weighted by molar-refractivity contribution is -0.133. The maximum Gasteiger partial charge on any atom is 0.341 e. The molecule has 0 aliphatic heterocycles. The number of rotatable bonds is 12. The lowest BCUT2D eigenvalue weighted by Crippen LogP contribution is -2.08. The molecule has 0 aromatic heterocycles. The van der Waals surface area contributed by atoms with E-state index in [-0.39, 0.29) is 6.61 Å². The van der Waals surface area contributed by atoms with E-state index < -0.39 is 5.97 Å². The maximum atomic E-state index is 12.2. The number of methoxy groups -OCH3 is 2. The average Bonchev–Trinajstić information content (AvgIpc) is 2.76. The smallest absolute Gasteiger partial charge is 0.341 e. The van der Waals surface area contributed by atoms with Crippen LogP contribution < -0.4 is 10.1 Å². The number of hydrogen-bond donors (Lipinski definition) is 1. The minimum atomic E-state index is -0.491. The second-order valence-electron chi connectivity index (χ2n) is 6.86. The highest BCUT2D eigenvalue weighted by Crippen LogP contribution is 2.26.